The van der Waals surface area contributed by atoms with Gasteiger partial charge in [-0.05, 0) is 24.8 Å². The van der Waals surface area contributed by atoms with E-state index in [0.717, 1.165) is 0 Å². The quantitative estimate of drug-likeness (QED) is 0.605. The van der Waals surface area contributed by atoms with Crippen LogP contribution < -0.4 is 0 Å². The first-order valence-electron chi connectivity index (χ1n) is 5.98. The lowest BCUT2D eigenvalue weighted by Crippen LogP contribution is -2.30. The van der Waals surface area contributed by atoms with Gasteiger partial charge >= 0.3 is 0 Å². The van der Waals surface area contributed by atoms with E-state index in [1.54, 1.807) is 0 Å². The lowest BCUT2D eigenvalue weighted by Gasteiger charge is -2.31. The third-order valence-electron chi connectivity index (χ3n) is 3.28. The third kappa shape index (κ3) is 2.46. The summed E-state index contributed by atoms with van der Waals surface area (Å²) in [7, 11) is 0. The molecular formula is C13H23N. The molecule has 0 amide bonds. The van der Waals surface area contributed by atoms with Crippen molar-refractivity contribution < 1.29 is 0 Å². The van der Waals surface area contributed by atoms with Crippen molar-refractivity contribution >= 4 is 6.21 Å². The Hall–Kier alpha value is -0.590. The smallest absolute Gasteiger partial charge is 0.0816 e. The lowest BCUT2D eigenvalue weighted by molar-refractivity contribution is 0.316. The fourth-order valence-corrected chi connectivity index (χ4v) is 2.28. The molecule has 14 heavy (non-hydrogen) atoms. The molecule has 1 heterocycles. The summed E-state index contributed by atoms with van der Waals surface area (Å²) in [6.45, 7) is 6.85. The van der Waals surface area contributed by atoms with E-state index < -0.39 is 0 Å². The number of hydrogen-bond donors (Lipinski definition) is 0. The maximum absolute atomic E-state index is 4.67. The van der Waals surface area contributed by atoms with E-state index in [2.05, 4.69) is 37.9 Å². The molecule has 2 unspecified atom stereocenters. The topological polar surface area (TPSA) is 12.4 Å². The van der Waals surface area contributed by atoms with Crippen LogP contribution in [0.15, 0.2) is 17.1 Å². The van der Waals surface area contributed by atoms with Crippen molar-refractivity contribution in [3.8, 4) is 0 Å². The third-order valence-corrected chi connectivity index (χ3v) is 3.28. The number of rotatable bonds is 6. The van der Waals surface area contributed by atoms with Crippen LogP contribution in [-0.4, -0.2) is 11.8 Å². The summed E-state index contributed by atoms with van der Waals surface area (Å²) in [5, 5.41) is 0. The van der Waals surface area contributed by atoms with E-state index in [1.807, 2.05) is 6.21 Å². The van der Waals surface area contributed by atoms with E-state index in [1.165, 1.54) is 32.1 Å². The zero-order valence-electron chi connectivity index (χ0n) is 9.79. The fraction of sp³-hybridized carbons (Fsp3) is 0.769. The summed E-state index contributed by atoms with van der Waals surface area (Å²) in [4.78, 5) is 4.67. The lowest BCUT2D eigenvalue weighted by atomic mass is 9.79. The van der Waals surface area contributed by atoms with Gasteiger partial charge in [-0.1, -0.05) is 46.1 Å². The molecule has 0 aliphatic carbocycles. The van der Waals surface area contributed by atoms with Gasteiger partial charge in [0.2, 0.25) is 0 Å². The fourth-order valence-electron chi connectivity index (χ4n) is 2.28. The number of allylic oxidation sites excluding steroid dienone is 1. The van der Waals surface area contributed by atoms with Crippen LogP contribution in [0.2, 0.25) is 0 Å². The molecule has 2 atom stereocenters. The van der Waals surface area contributed by atoms with Gasteiger partial charge in [-0.25, -0.2) is 0 Å². The van der Waals surface area contributed by atoms with Gasteiger partial charge < -0.3 is 0 Å². The Balaban J connectivity index is 2.58. The van der Waals surface area contributed by atoms with Crippen LogP contribution in [0.3, 0.4) is 0 Å². The highest BCUT2D eigenvalue weighted by atomic mass is 14.9. The van der Waals surface area contributed by atoms with E-state index in [4.69, 9.17) is 0 Å². The van der Waals surface area contributed by atoms with Gasteiger partial charge in [0.25, 0.3) is 0 Å². The molecule has 0 spiro atoms. The zero-order valence-corrected chi connectivity index (χ0v) is 9.79. The first-order valence-corrected chi connectivity index (χ1v) is 5.98. The molecule has 0 saturated heterocycles. The van der Waals surface area contributed by atoms with Gasteiger partial charge in [-0.2, -0.15) is 0 Å². The molecule has 0 radical (unpaired) electrons. The summed E-state index contributed by atoms with van der Waals surface area (Å²) < 4.78 is 0. The number of nitrogens with zero attached hydrogens (tertiary/aromatic N) is 1. The summed E-state index contributed by atoms with van der Waals surface area (Å²) in [6.07, 6.45) is 12.7. The first kappa shape index (κ1) is 11.5. The molecule has 0 N–H and O–H groups in total. The minimum Gasteiger partial charge on any atom is -0.282 e. The summed E-state index contributed by atoms with van der Waals surface area (Å²) in [5.74, 6) is 0.692. The Morgan fingerprint density at radius 2 is 2.07 bits per heavy atom. The molecule has 0 aromatic carbocycles. The zero-order chi connectivity index (χ0) is 10.4. The van der Waals surface area contributed by atoms with Crippen molar-refractivity contribution in [1.82, 2.24) is 0 Å². The highest BCUT2D eigenvalue weighted by molar-refractivity contribution is 5.75. The van der Waals surface area contributed by atoms with Crippen LogP contribution in [-0.2, 0) is 0 Å². The van der Waals surface area contributed by atoms with Gasteiger partial charge in [-0.15, -0.1) is 0 Å². The van der Waals surface area contributed by atoms with Crippen molar-refractivity contribution in [1.29, 1.82) is 0 Å². The Kier molecular flexibility index (Phi) is 4.37. The molecule has 80 valence electrons. The Morgan fingerprint density at radius 3 is 2.57 bits per heavy atom. The maximum atomic E-state index is 4.67. The molecule has 0 aromatic heterocycles. The van der Waals surface area contributed by atoms with Crippen molar-refractivity contribution in [2.24, 2.45) is 10.9 Å². The van der Waals surface area contributed by atoms with Gasteiger partial charge in [-0.3, -0.25) is 4.99 Å². The van der Waals surface area contributed by atoms with Crippen LogP contribution in [0.5, 0.6) is 0 Å². The van der Waals surface area contributed by atoms with Crippen molar-refractivity contribution in [3.05, 3.63) is 12.2 Å². The summed E-state index contributed by atoms with van der Waals surface area (Å²) in [5.41, 5.74) is 0.143. The monoisotopic (exact) mass is 193 g/mol. The molecule has 0 bridgehead atoms. The van der Waals surface area contributed by atoms with Crippen molar-refractivity contribution in [2.45, 2.75) is 58.4 Å². The van der Waals surface area contributed by atoms with Gasteiger partial charge in [0, 0.05) is 6.21 Å². The van der Waals surface area contributed by atoms with Crippen molar-refractivity contribution in [2.75, 3.05) is 0 Å². The molecule has 1 aliphatic heterocycles. The molecule has 1 nitrogen and oxygen atoms in total. The van der Waals surface area contributed by atoms with E-state index in [-0.39, 0.29) is 5.54 Å². The Morgan fingerprint density at radius 1 is 1.29 bits per heavy atom. The van der Waals surface area contributed by atoms with E-state index in [9.17, 15) is 0 Å². The van der Waals surface area contributed by atoms with Crippen molar-refractivity contribution in [3.63, 3.8) is 0 Å². The highest BCUT2D eigenvalue weighted by Crippen LogP contribution is 2.34. The molecule has 1 rings (SSSR count). The molecular weight excluding hydrogens is 170 g/mol. The second-order valence-electron chi connectivity index (χ2n) is 4.42. The first-order chi connectivity index (χ1) is 6.75. The summed E-state index contributed by atoms with van der Waals surface area (Å²) >= 11 is 0. The average Bonchev–Trinajstić information content (AvgIpc) is 2.64. The molecule has 1 heteroatoms. The maximum Gasteiger partial charge on any atom is 0.0816 e. The predicted octanol–water partition coefficient (Wildman–Crippen LogP) is 3.99. The summed E-state index contributed by atoms with van der Waals surface area (Å²) in [6, 6.07) is 0. The Labute approximate surface area is 88.3 Å². The normalized spacial score (nSPS) is 27.1. The number of unbranched alkanes of at least 4 members (excludes halogenated alkanes) is 1. The number of hydrogen-bond acceptors (Lipinski definition) is 1. The Bertz CT molecular complexity index is 203. The van der Waals surface area contributed by atoms with Crippen LogP contribution >= 0.6 is 0 Å². The van der Waals surface area contributed by atoms with Gasteiger partial charge in [0.1, 0.15) is 0 Å². The standard InChI is InChI=1S/C13H23N/c1-4-6-8-12(3)13(9-5-2)10-7-11-14-13/h7,10-12H,4-6,8-9H2,1-3H3. The minimum absolute atomic E-state index is 0.143. The molecule has 0 aromatic rings. The SMILES string of the molecule is CCCCC(C)C1(CCC)C=CC=N1. The van der Waals surface area contributed by atoms with E-state index >= 15 is 0 Å². The molecule has 0 fully saturated rings. The highest BCUT2D eigenvalue weighted by Gasteiger charge is 2.32. The van der Waals surface area contributed by atoms with E-state index in [0.29, 0.717) is 5.92 Å². The minimum atomic E-state index is 0.143. The number of aliphatic imine (C=N–C) groups is 1. The van der Waals surface area contributed by atoms with Crippen LogP contribution in [0.25, 0.3) is 0 Å². The predicted molar refractivity (Wildman–Crippen MR) is 64.0 cm³/mol. The molecule has 0 saturated carbocycles. The second-order valence-corrected chi connectivity index (χ2v) is 4.42. The van der Waals surface area contributed by atoms with Gasteiger partial charge in [0.05, 0.1) is 5.54 Å². The van der Waals surface area contributed by atoms with Gasteiger partial charge in [0.15, 0.2) is 0 Å². The second kappa shape index (κ2) is 5.33. The van der Waals surface area contributed by atoms with Crippen LogP contribution in [0, 0.1) is 5.92 Å². The largest absolute Gasteiger partial charge is 0.282 e. The van der Waals surface area contributed by atoms with Crippen LogP contribution in [0.4, 0.5) is 0 Å². The molecule has 1 aliphatic rings. The average molecular weight is 193 g/mol. The van der Waals surface area contributed by atoms with Crippen LogP contribution in [0.1, 0.15) is 52.9 Å².